The summed E-state index contributed by atoms with van der Waals surface area (Å²) in [6, 6.07) is 12.6. The molecule has 0 spiro atoms. The summed E-state index contributed by atoms with van der Waals surface area (Å²) >= 11 is 0. The average Bonchev–Trinajstić information content (AvgIpc) is 2.66. The number of piperazine rings is 1. The number of hydrogen-bond acceptors (Lipinski definition) is 4. The number of anilines is 1. The Hall–Kier alpha value is -2.22. The van der Waals surface area contributed by atoms with Gasteiger partial charge in [-0.15, -0.1) is 0 Å². The Morgan fingerprint density at radius 1 is 0.964 bits per heavy atom. The summed E-state index contributed by atoms with van der Waals surface area (Å²) in [4.78, 5) is 14.8. The van der Waals surface area contributed by atoms with Crippen LogP contribution in [-0.4, -0.2) is 56.3 Å². The first-order chi connectivity index (χ1) is 13.3. The van der Waals surface area contributed by atoms with Crippen molar-refractivity contribution in [1.29, 1.82) is 0 Å². The van der Waals surface area contributed by atoms with E-state index < -0.39 is 10.0 Å². The molecule has 1 aliphatic heterocycles. The quantitative estimate of drug-likeness (QED) is 0.836. The van der Waals surface area contributed by atoms with Gasteiger partial charge in [-0.1, -0.05) is 35.9 Å². The minimum atomic E-state index is -3.47. The Morgan fingerprint density at radius 3 is 2.11 bits per heavy atom. The molecule has 1 aliphatic rings. The molecule has 0 bridgehead atoms. The Bertz CT molecular complexity index is 927. The third-order valence-electron chi connectivity index (χ3n) is 5.02. The van der Waals surface area contributed by atoms with Crippen LogP contribution in [0.1, 0.15) is 16.7 Å². The molecule has 1 N–H and O–H groups in total. The van der Waals surface area contributed by atoms with E-state index in [0.29, 0.717) is 31.1 Å². The molecule has 1 fully saturated rings. The van der Waals surface area contributed by atoms with E-state index in [2.05, 4.69) is 17.4 Å². The molecule has 1 saturated heterocycles. The van der Waals surface area contributed by atoms with Gasteiger partial charge in [0.1, 0.15) is 0 Å². The molecule has 0 aromatic heterocycles. The van der Waals surface area contributed by atoms with Crippen molar-refractivity contribution in [3.05, 3.63) is 59.2 Å². The highest BCUT2D eigenvalue weighted by molar-refractivity contribution is 7.89. The summed E-state index contributed by atoms with van der Waals surface area (Å²) in [5.41, 5.74) is 4.12. The Labute approximate surface area is 167 Å². The number of hydrogen-bond donors (Lipinski definition) is 1. The maximum absolute atomic E-state index is 12.7. The zero-order chi connectivity index (χ0) is 20.3. The minimum Gasteiger partial charge on any atom is -0.324 e. The molecule has 0 unspecified atom stereocenters. The van der Waals surface area contributed by atoms with Crippen LogP contribution in [0.15, 0.2) is 47.4 Å². The summed E-state index contributed by atoms with van der Waals surface area (Å²) < 4.78 is 26.9. The van der Waals surface area contributed by atoms with Crippen LogP contribution in [0.5, 0.6) is 0 Å². The van der Waals surface area contributed by atoms with Crippen molar-refractivity contribution in [3.8, 4) is 0 Å². The van der Waals surface area contributed by atoms with E-state index in [1.165, 1.54) is 9.87 Å². The first kappa shape index (κ1) is 20.5. The average molecular weight is 402 g/mol. The number of nitrogens with zero attached hydrogens (tertiary/aromatic N) is 2. The Morgan fingerprint density at radius 2 is 1.54 bits per heavy atom. The standard InChI is InChI=1S/C21H27N3O3S/c1-16-13-17(2)21(18(3)14-16)22-20(25)15-23-9-11-24(12-10-23)28(26,27)19-7-5-4-6-8-19/h4-8,13-14H,9-12,15H2,1-3H3,(H,22,25). The number of sulfonamides is 1. The summed E-state index contributed by atoms with van der Waals surface area (Å²) in [5.74, 6) is -0.0746. The number of benzene rings is 2. The third kappa shape index (κ3) is 4.60. The summed E-state index contributed by atoms with van der Waals surface area (Å²) in [6.07, 6.45) is 0. The van der Waals surface area contributed by atoms with E-state index in [1.807, 2.05) is 25.7 Å². The molecule has 1 amide bonds. The van der Waals surface area contributed by atoms with Crippen LogP contribution < -0.4 is 5.32 Å². The molecule has 2 aromatic rings. The molecule has 7 heteroatoms. The monoisotopic (exact) mass is 401 g/mol. The predicted molar refractivity (Wildman–Crippen MR) is 111 cm³/mol. The van der Waals surface area contributed by atoms with Crippen molar-refractivity contribution >= 4 is 21.6 Å². The van der Waals surface area contributed by atoms with Crippen LogP contribution in [0.2, 0.25) is 0 Å². The lowest BCUT2D eigenvalue weighted by molar-refractivity contribution is -0.117. The van der Waals surface area contributed by atoms with Crippen molar-refractivity contribution in [2.45, 2.75) is 25.7 Å². The van der Waals surface area contributed by atoms with Gasteiger partial charge in [-0.2, -0.15) is 4.31 Å². The molecule has 0 atom stereocenters. The first-order valence-electron chi connectivity index (χ1n) is 9.42. The van der Waals surface area contributed by atoms with Crippen LogP contribution >= 0.6 is 0 Å². The molecule has 0 aliphatic carbocycles. The minimum absolute atomic E-state index is 0.0746. The fraction of sp³-hybridized carbons (Fsp3) is 0.381. The van der Waals surface area contributed by atoms with Crippen molar-refractivity contribution in [2.75, 3.05) is 38.0 Å². The van der Waals surface area contributed by atoms with Gasteiger partial charge in [-0.3, -0.25) is 9.69 Å². The summed E-state index contributed by atoms with van der Waals surface area (Å²) in [7, 11) is -3.47. The summed E-state index contributed by atoms with van der Waals surface area (Å²) in [6.45, 7) is 8.10. The number of rotatable bonds is 5. The zero-order valence-corrected chi connectivity index (χ0v) is 17.4. The van der Waals surface area contributed by atoms with E-state index in [0.717, 1.165) is 16.8 Å². The largest absolute Gasteiger partial charge is 0.324 e. The smallest absolute Gasteiger partial charge is 0.243 e. The van der Waals surface area contributed by atoms with Crippen molar-refractivity contribution in [3.63, 3.8) is 0 Å². The van der Waals surface area contributed by atoms with Gasteiger partial charge >= 0.3 is 0 Å². The van der Waals surface area contributed by atoms with Crippen LogP contribution in [0.25, 0.3) is 0 Å². The van der Waals surface area contributed by atoms with Gasteiger partial charge in [-0.25, -0.2) is 8.42 Å². The lowest BCUT2D eigenvalue weighted by Gasteiger charge is -2.33. The molecule has 0 radical (unpaired) electrons. The third-order valence-corrected chi connectivity index (χ3v) is 6.93. The second-order valence-corrected chi connectivity index (χ2v) is 9.25. The van der Waals surface area contributed by atoms with Crippen molar-refractivity contribution in [2.24, 2.45) is 0 Å². The number of nitrogens with one attached hydrogen (secondary N) is 1. The zero-order valence-electron chi connectivity index (χ0n) is 16.6. The topological polar surface area (TPSA) is 69.7 Å². The normalized spacial score (nSPS) is 16.1. The van der Waals surface area contributed by atoms with E-state index >= 15 is 0 Å². The van der Waals surface area contributed by atoms with Gasteiger partial charge in [-0.05, 0) is 44.0 Å². The predicted octanol–water partition coefficient (Wildman–Crippen LogP) is 2.56. The van der Waals surface area contributed by atoms with Gasteiger partial charge < -0.3 is 5.32 Å². The number of carbonyl (C=O) groups is 1. The maximum atomic E-state index is 12.7. The molecule has 3 rings (SSSR count). The van der Waals surface area contributed by atoms with E-state index in [4.69, 9.17) is 0 Å². The second-order valence-electron chi connectivity index (χ2n) is 7.32. The molecular formula is C21H27N3O3S. The first-order valence-corrected chi connectivity index (χ1v) is 10.9. The maximum Gasteiger partial charge on any atom is 0.243 e. The van der Waals surface area contributed by atoms with Crippen LogP contribution in [-0.2, 0) is 14.8 Å². The van der Waals surface area contributed by atoms with E-state index in [9.17, 15) is 13.2 Å². The van der Waals surface area contributed by atoms with Crippen molar-refractivity contribution < 1.29 is 13.2 Å². The Balaban J connectivity index is 1.57. The molecule has 2 aromatic carbocycles. The van der Waals surface area contributed by atoms with E-state index in [1.54, 1.807) is 30.3 Å². The molecule has 0 saturated carbocycles. The van der Waals surface area contributed by atoms with Gasteiger partial charge in [0.25, 0.3) is 0 Å². The lowest BCUT2D eigenvalue weighted by Crippen LogP contribution is -2.50. The van der Waals surface area contributed by atoms with Crippen LogP contribution in [0.3, 0.4) is 0 Å². The molecule has 6 nitrogen and oxygen atoms in total. The lowest BCUT2D eigenvalue weighted by atomic mass is 10.1. The molecular weight excluding hydrogens is 374 g/mol. The molecule has 150 valence electrons. The van der Waals surface area contributed by atoms with Gasteiger partial charge in [0.15, 0.2) is 0 Å². The Kier molecular flexibility index (Phi) is 6.17. The van der Waals surface area contributed by atoms with Crippen molar-refractivity contribution in [1.82, 2.24) is 9.21 Å². The van der Waals surface area contributed by atoms with E-state index in [-0.39, 0.29) is 12.5 Å². The number of carbonyl (C=O) groups excluding carboxylic acids is 1. The van der Waals surface area contributed by atoms with Gasteiger partial charge in [0.05, 0.1) is 11.4 Å². The summed E-state index contributed by atoms with van der Waals surface area (Å²) in [5, 5.41) is 3.01. The molecule has 1 heterocycles. The number of aryl methyl sites for hydroxylation is 3. The van der Waals surface area contributed by atoms with Gasteiger partial charge in [0.2, 0.25) is 15.9 Å². The highest BCUT2D eigenvalue weighted by Gasteiger charge is 2.28. The highest BCUT2D eigenvalue weighted by atomic mass is 32.2. The highest BCUT2D eigenvalue weighted by Crippen LogP contribution is 2.22. The number of amides is 1. The second kappa shape index (κ2) is 8.43. The molecule has 28 heavy (non-hydrogen) atoms. The van der Waals surface area contributed by atoms with Gasteiger partial charge in [0, 0.05) is 31.9 Å². The van der Waals surface area contributed by atoms with Crippen LogP contribution in [0, 0.1) is 20.8 Å². The fourth-order valence-corrected chi connectivity index (χ4v) is 5.07. The fourth-order valence-electron chi connectivity index (χ4n) is 3.63. The SMILES string of the molecule is Cc1cc(C)c(NC(=O)CN2CCN(S(=O)(=O)c3ccccc3)CC2)c(C)c1. The van der Waals surface area contributed by atoms with Crippen LogP contribution in [0.4, 0.5) is 5.69 Å².